The summed E-state index contributed by atoms with van der Waals surface area (Å²) in [4.78, 5) is 0. The maximum absolute atomic E-state index is 13.5. The lowest BCUT2D eigenvalue weighted by atomic mass is 9.83. The first-order chi connectivity index (χ1) is 15.4. The first-order valence-corrected chi connectivity index (χ1v) is 10.0. The van der Waals surface area contributed by atoms with Crippen molar-refractivity contribution in [1.29, 1.82) is 0 Å². The molecular formula is C28H20F2O2. The molecule has 0 fully saturated rings. The van der Waals surface area contributed by atoms with Crippen LogP contribution in [0.2, 0.25) is 0 Å². The largest absolute Gasteiger partial charge is 0.369 e. The van der Waals surface area contributed by atoms with Crippen molar-refractivity contribution in [2.24, 2.45) is 0 Å². The highest BCUT2D eigenvalue weighted by atomic mass is 19.1. The van der Waals surface area contributed by atoms with E-state index in [0.29, 0.717) is 22.3 Å². The fourth-order valence-corrected chi connectivity index (χ4v) is 3.54. The van der Waals surface area contributed by atoms with Gasteiger partial charge in [0, 0.05) is 22.3 Å². The maximum atomic E-state index is 13.5. The molecule has 32 heavy (non-hydrogen) atoms. The summed E-state index contributed by atoms with van der Waals surface area (Å²) in [6, 6.07) is 28.3. The van der Waals surface area contributed by atoms with Crippen LogP contribution in [0.3, 0.4) is 0 Å². The molecule has 0 aliphatic rings. The van der Waals surface area contributed by atoms with E-state index in [1.54, 1.807) is 60.7 Å². The van der Waals surface area contributed by atoms with E-state index in [1.807, 2.05) is 0 Å². The van der Waals surface area contributed by atoms with Gasteiger partial charge < -0.3 is 10.2 Å². The highest BCUT2D eigenvalue weighted by Gasteiger charge is 2.34. The third kappa shape index (κ3) is 4.17. The fraction of sp³-hybridized carbons (Fsp3) is 0.0714. The van der Waals surface area contributed by atoms with Gasteiger partial charge >= 0.3 is 0 Å². The first-order valence-electron chi connectivity index (χ1n) is 10.0. The van der Waals surface area contributed by atoms with Crippen LogP contribution in [0, 0.1) is 23.5 Å². The van der Waals surface area contributed by atoms with Crippen LogP contribution in [-0.2, 0) is 11.2 Å². The standard InChI is InChI=1S/C28H20F2O2/c29-25-15-11-23(12-16-25)27(31,21-7-3-1-4-8-21)19-20-28(32,22-9-5-2-6-10-22)24-13-17-26(30)18-14-24/h1-18,31-32H. The minimum atomic E-state index is -1.82. The van der Waals surface area contributed by atoms with Crippen LogP contribution >= 0.6 is 0 Å². The summed E-state index contributed by atoms with van der Waals surface area (Å²) in [5.74, 6) is 4.80. The number of aliphatic hydroxyl groups is 2. The van der Waals surface area contributed by atoms with Gasteiger partial charge in [-0.3, -0.25) is 0 Å². The van der Waals surface area contributed by atoms with Gasteiger partial charge in [-0.25, -0.2) is 8.78 Å². The molecule has 0 aliphatic heterocycles. The molecule has 0 spiro atoms. The maximum Gasteiger partial charge on any atom is 0.177 e. The molecule has 0 aromatic heterocycles. The normalized spacial score (nSPS) is 14.5. The molecule has 2 nitrogen and oxygen atoms in total. The van der Waals surface area contributed by atoms with E-state index < -0.39 is 22.8 Å². The Morgan fingerprint density at radius 3 is 1.03 bits per heavy atom. The summed E-state index contributed by atoms with van der Waals surface area (Å²) in [6.45, 7) is 0. The second-order valence-electron chi connectivity index (χ2n) is 7.42. The van der Waals surface area contributed by atoms with Crippen LogP contribution < -0.4 is 0 Å². The van der Waals surface area contributed by atoms with Crippen molar-refractivity contribution < 1.29 is 19.0 Å². The van der Waals surface area contributed by atoms with E-state index >= 15 is 0 Å². The van der Waals surface area contributed by atoms with E-state index in [0.717, 1.165) is 0 Å². The van der Waals surface area contributed by atoms with Gasteiger partial charge in [-0.2, -0.15) is 0 Å². The Morgan fingerprint density at radius 2 is 0.719 bits per heavy atom. The van der Waals surface area contributed by atoms with Crippen molar-refractivity contribution in [1.82, 2.24) is 0 Å². The second-order valence-corrected chi connectivity index (χ2v) is 7.42. The Morgan fingerprint density at radius 1 is 0.438 bits per heavy atom. The summed E-state index contributed by atoms with van der Waals surface area (Å²) < 4.78 is 27.1. The summed E-state index contributed by atoms with van der Waals surface area (Å²) in [5, 5.41) is 23.4. The molecule has 0 aliphatic carbocycles. The van der Waals surface area contributed by atoms with E-state index in [4.69, 9.17) is 0 Å². The lowest BCUT2D eigenvalue weighted by Gasteiger charge is -2.27. The molecule has 0 saturated carbocycles. The van der Waals surface area contributed by atoms with E-state index in [-0.39, 0.29) is 0 Å². The van der Waals surface area contributed by atoms with Crippen molar-refractivity contribution in [3.05, 3.63) is 143 Å². The number of hydrogen-bond acceptors (Lipinski definition) is 2. The minimum Gasteiger partial charge on any atom is -0.369 e. The molecule has 2 unspecified atom stereocenters. The average molecular weight is 426 g/mol. The third-order valence-electron chi connectivity index (χ3n) is 5.33. The van der Waals surface area contributed by atoms with Crippen molar-refractivity contribution in [3.8, 4) is 11.8 Å². The summed E-state index contributed by atoms with van der Waals surface area (Å²) in [6.07, 6.45) is 0. The number of rotatable bonds is 4. The third-order valence-corrected chi connectivity index (χ3v) is 5.33. The molecule has 0 bridgehead atoms. The number of hydrogen-bond donors (Lipinski definition) is 2. The van der Waals surface area contributed by atoms with E-state index in [2.05, 4.69) is 11.8 Å². The fourth-order valence-electron chi connectivity index (χ4n) is 3.54. The van der Waals surface area contributed by atoms with Gasteiger partial charge in [-0.15, -0.1) is 0 Å². The summed E-state index contributed by atoms with van der Waals surface area (Å²) in [5.41, 5.74) is -2.00. The summed E-state index contributed by atoms with van der Waals surface area (Å²) in [7, 11) is 0. The molecule has 4 heteroatoms. The second kappa shape index (κ2) is 8.76. The Kier molecular flexibility index (Phi) is 5.87. The number of halogens is 2. The molecule has 4 aromatic rings. The Labute approximate surface area is 185 Å². The minimum absolute atomic E-state index is 0.354. The Bertz CT molecular complexity index is 1150. The molecule has 0 amide bonds. The SMILES string of the molecule is OC(C#CC(O)(c1ccccc1)c1ccc(F)cc1)(c1ccccc1)c1ccc(F)cc1. The zero-order valence-electron chi connectivity index (χ0n) is 17.0. The molecule has 158 valence electrons. The smallest absolute Gasteiger partial charge is 0.177 e. The Balaban J connectivity index is 1.92. The van der Waals surface area contributed by atoms with Crippen LogP contribution in [0.25, 0.3) is 0 Å². The van der Waals surface area contributed by atoms with E-state index in [9.17, 15) is 19.0 Å². The average Bonchev–Trinajstić information content (AvgIpc) is 2.84. The monoisotopic (exact) mass is 426 g/mol. The van der Waals surface area contributed by atoms with Gasteiger partial charge in [0.05, 0.1) is 0 Å². The first kappa shape index (κ1) is 21.5. The zero-order valence-corrected chi connectivity index (χ0v) is 17.0. The molecular weight excluding hydrogens is 406 g/mol. The molecule has 2 atom stereocenters. The van der Waals surface area contributed by atoms with Crippen LogP contribution in [-0.4, -0.2) is 10.2 Å². The molecule has 0 saturated heterocycles. The lowest BCUT2D eigenvalue weighted by Crippen LogP contribution is -2.29. The predicted molar refractivity (Wildman–Crippen MR) is 119 cm³/mol. The Hall–Kier alpha value is -3.78. The van der Waals surface area contributed by atoms with E-state index in [1.165, 1.54) is 48.5 Å². The van der Waals surface area contributed by atoms with Gasteiger partial charge in [0.15, 0.2) is 11.2 Å². The van der Waals surface area contributed by atoms with Crippen molar-refractivity contribution >= 4 is 0 Å². The van der Waals surface area contributed by atoms with Crippen LogP contribution in [0.1, 0.15) is 22.3 Å². The quantitative estimate of drug-likeness (QED) is 0.444. The zero-order chi connectivity index (χ0) is 22.6. The van der Waals surface area contributed by atoms with Crippen LogP contribution in [0.4, 0.5) is 8.78 Å². The van der Waals surface area contributed by atoms with Crippen molar-refractivity contribution in [3.63, 3.8) is 0 Å². The van der Waals surface area contributed by atoms with Crippen LogP contribution in [0.5, 0.6) is 0 Å². The summed E-state index contributed by atoms with van der Waals surface area (Å²) >= 11 is 0. The molecule has 4 aromatic carbocycles. The van der Waals surface area contributed by atoms with Gasteiger partial charge in [-0.05, 0) is 24.3 Å². The molecule has 2 N–H and O–H groups in total. The van der Waals surface area contributed by atoms with Crippen molar-refractivity contribution in [2.75, 3.05) is 0 Å². The molecule has 4 rings (SSSR count). The van der Waals surface area contributed by atoms with Gasteiger partial charge in [-0.1, -0.05) is 96.8 Å². The highest BCUT2D eigenvalue weighted by Crippen LogP contribution is 2.33. The van der Waals surface area contributed by atoms with Gasteiger partial charge in [0.1, 0.15) is 11.6 Å². The highest BCUT2D eigenvalue weighted by molar-refractivity contribution is 5.50. The van der Waals surface area contributed by atoms with Gasteiger partial charge in [0.2, 0.25) is 0 Å². The van der Waals surface area contributed by atoms with Gasteiger partial charge in [0.25, 0.3) is 0 Å². The lowest BCUT2D eigenvalue weighted by molar-refractivity contribution is 0.133. The molecule has 0 heterocycles. The van der Waals surface area contributed by atoms with Crippen LogP contribution in [0.15, 0.2) is 109 Å². The number of benzene rings is 4. The van der Waals surface area contributed by atoms with Crippen molar-refractivity contribution in [2.45, 2.75) is 11.2 Å². The topological polar surface area (TPSA) is 40.5 Å². The molecule has 0 radical (unpaired) electrons. The predicted octanol–water partition coefficient (Wildman–Crippen LogP) is 5.14.